The number of benzene rings is 1. The third-order valence-corrected chi connectivity index (χ3v) is 3.37. The molecule has 0 aliphatic rings. The normalized spacial score (nSPS) is 11.4. The monoisotopic (exact) mass is 327 g/mol. The molecule has 0 saturated carbocycles. The number of aromatic nitrogens is 2. The van der Waals surface area contributed by atoms with Crippen LogP contribution in [0.15, 0.2) is 24.3 Å². The Labute approximate surface area is 131 Å². The Hall–Kier alpha value is -2.51. The van der Waals surface area contributed by atoms with Gasteiger partial charge in [0.1, 0.15) is 5.75 Å². The van der Waals surface area contributed by atoms with Gasteiger partial charge in [-0.05, 0) is 19.9 Å². The lowest BCUT2D eigenvalue weighted by Gasteiger charge is -2.13. The highest BCUT2D eigenvalue weighted by atomic mass is 19.4. The molecule has 0 spiro atoms. The van der Waals surface area contributed by atoms with Crippen LogP contribution in [0.25, 0.3) is 0 Å². The van der Waals surface area contributed by atoms with Gasteiger partial charge in [-0.15, -0.1) is 13.2 Å². The topological polar surface area (TPSA) is 56.2 Å². The Balaban J connectivity index is 2.14. The summed E-state index contributed by atoms with van der Waals surface area (Å²) in [6.07, 6.45) is -4.78. The third kappa shape index (κ3) is 4.02. The number of halogens is 3. The highest BCUT2D eigenvalue weighted by Gasteiger charge is 2.32. The molecule has 0 aliphatic carbocycles. The zero-order chi connectivity index (χ0) is 17.2. The van der Waals surface area contributed by atoms with E-state index in [1.807, 2.05) is 0 Å². The number of carbonyl (C=O) groups is 1. The van der Waals surface area contributed by atoms with Gasteiger partial charge in [0.25, 0.3) is 5.91 Å². The van der Waals surface area contributed by atoms with Crippen LogP contribution in [-0.4, -0.2) is 22.1 Å². The maximum absolute atomic E-state index is 12.4. The van der Waals surface area contributed by atoms with Crippen LogP contribution in [0, 0.1) is 13.8 Å². The molecule has 8 heteroatoms. The Morgan fingerprint density at radius 2 is 1.96 bits per heavy atom. The molecule has 124 valence electrons. The number of aryl methyl sites for hydroxylation is 2. The average molecular weight is 327 g/mol. The Morgan fingerprint density at radius 3 is 2.52 bits per heavy atom. The summed E-state index contributed by atoms with van der Waals surface area (Å²) in [5, 5.41) is 6.73. The van der Waals surface area contributed by atoms with E-state index >= 15 is 0 Å². The number of ether oxygens (including phenoxy) is 1. The molecule has 1 N–H and O–H groups in total. The molecule has 2 rings (SSSR count). The standard InChI is InChI=1S/C15H16F3N3O2/c1-9-13(10(2)21(3)20-9)14(22)19-8-11-6-4-5-7-12(11)23-15(16,17)18/h4-7H,8H2,1-3H3,(H,19,22). The first kappa shape index (κ1) is 16.9. The van der Waals surface area contributed by atoms with E-state index in [9.17, 15) is 18.0 Å². The smallest absolute Gasteiger partial charge is 0.405 e. The van der Waals surface area contributed by atoms with Crippen LogP contribution in [0.4, 0.5) is 13.2 Å². The van der Waals surface area contributed by atoms with Crippen molar-refractivity contribution in [1.82, 2.24) is 15.1 Å². The number of para-hydroxylation sites is 1. The van der Waals surface area contributed by atoms with Crippen molar-refractivity contribution in [2.75, 3.05) is 0 Å². The lowest BCUT2D eigenvalue weighted by atomic mass is 10.1. The van der Waals surface area contributed by atoms with Crippen LogP contribution in [0.2, 0.25) is 0 Å². The summed E-state index contributed by atoms with van der Waals surface area (Å²) in [5.74, 6) is -0.727. The summed E-state index contributed by atoms with van der Waals surface area (Å²) in [5.41, 5.74) is 1.89. The Morgan fingerprint density at radius 1 is 1.30 bits per heavy atom. The second-order valence-electron chi connectivity index (χ2n) is 5.01. The van der Waals surface area contributed by atoms with E-state index in [4.69, 9.17) is 0 Å². The first-order chi connectivity index (χ1) is 10.7. The molecule has 1 heterocycles. The lowest BCUT2D eigenvalue weighted by Crippen LogP contribution is -2.25. The highest BCUT2D eigenvalue weighted by molar-refractivity contribution is 5.96. The Kier molecular flexibility index (Phi) is 4.63. The summed E-state index contributed by atoms with van der Waals surface area (Å²) < 4.78 is 42.6. The van der Waals surface area contributed by atoms with Gasteiger partial charge >= 0.3 is 6.36 Å². The molecule has 0 bridgehead atoms. The number of nitrogens with one attached hydrogen (secondary N) is 1. The second-order valence-corrected chi connectivity index (χ2v) is 5.01. The summed E-state index contributed by atoms with van der Waals surface area (Å²) in [7, 11) is 1.71. The first-order valence-corrected chi connectivity index (χ1v) is 6.81. The molecule has 0 saturated heterocycles. The molecule has 2 aromatic rings. The van der Waals surface area contributed by atoms with Crippen molar-refractivity contribution >= 4 is 5.91 Å². The number of nitrogens with zero attached hydrogens (tertiary/aromatic N) is 2. The van der Waals surface area contributed by atoms with Crippen molar-refractivity contribution in [2.24, 2.45) is 7.05 Å². The fourth-order valence-corrected chi connectivity index (χ4v) is 2.24. The van der Waals surface area contributed by atoms with Gasteiger partial charge < -0.3 is 10.1 Å². The van der Waals surface area contributed by atoms with Crippen LogP contribution in [0.3, 0.4) is 0 Å². The molecule has 1 aromatic heterocycles. The predicted molar refractivity (Wildman–Crippen MR) is 77.0 cm³/mol. The van der Waals surface area contributed by atoms with E-state index in [0.29, 0.717) is 17.0 Å². The molecule has 0 aliphatic heterocycles. The molecular weight excluding hydrogens is 311 g/mol. The van der Waals surface area contributed by atoms with Crippen LogP contribution < -0.4 is 10.1 Å². The maximum atomic E-state index is 12.4. The summed E-state index contributed by atoms with van der Waals surface area (Å²) >= 11 is 0. The number of rotatable bonds is 4. The molecule has 5 nitrogen and oxygen atoms in total. The first-order valence-electron chi connectivity index (χ1n) is 6.81. The largest absolute Gasteiger partial charge is 0.573 e. The van der Waals surface area contributed by atoms with Crippen molar-refractivity contribution in [3.05, 3.63) is 46.8 Å². The summed E-state index contributed by atoms with van der Waals surface area (Å²) in [4.78, 5) is 12.2. The number of hydrogen-bond acceptors (Lipinski definition) is 3. The van der Waals surface area contributed by atoms with E-state index in [-0.39, 0.29) is 17.9 Å². The van der Waals surface area contributed by atoms with Crippen LogP contribution in [0.5, 0.6) is 5.75 Å². The van der Waals surface area contributed by atoms with Gasteiger partial charge in [-0.2, -0.15) is 5.10 Å². The van der Waals surface area contributed by atoms with E-state index in [1.54, 1.807) is 31.6 Å². The van der Waals surface area contributed by atoms with Gasteiger partial charge in [-0.1, -0.05) is 18.2 Å². The minimum absolute atomic E-state index is 0.0845. The molecule has 0 unspecified atom stereocenters. The molecular formula is C15H16F3N3O2. The highest BCUT2D eigenvalue weighted by Crippen LogP contribution is 2.26. The van der Waals surface area contributed by atoms with Crippen molar-refractivity contribution in [3.8, 4) is 5.75 Å². The van der Waals surface area contributed by atoms with Crippen molar-refractivity contribution in [1.29, 1.82) is 0 Å². The van der Waals surface area contributed by atoms with E-state index < -0.39 is 12.3 Å². The molecule has 1 aromatic carbocycles. The number of amides is 1. The van der Waals surface area contributed by atoms with Gasteiger partial charge in [-0.3, -0.25) is 9.48 Å². The zero-order valence-corrected chi connectivity index (χ0v) is 12.9. The van der Waals surface area contributed by atoms with Gasteiger partial charge in [0, 0.05) is 24.8 Å². The van der Waals surface area contributed by atoms with Gasteiger partial charge in [0.05, 0.1) is 11.3 Å². The quantitative estimate of drug-likeness (QED) is 0.939. The van der Waals surface area contributed by atoms with E-state index in [1.165, 1.54) is 18.2 Å². The Bertz CT molecular complexity index is 723. The lowest BCUT2D eigenvalue weighted by molar-refractivity contribution is -0.274. The molecule has 1 amide bonds. The van der Waals surface area contributed by atoms with Crippen LogP contribution in [-0.2, 0) is 13.6 Å². The summed E-state index contributed by atoms with van der Waals surface area (Å²) in [6, 6.07) is 5.67. The minimum atomic E-state index is -4.78. The second kappa shape index (κ2) is 6.31. The average Bonchev–Trinajstić information content (AvgIpc) is 2.69. The molecule has 0 fully saturated rings. The predicted octanol–water partition coefficient (Wildman–Crippen LogP) is 2.87. The van der Waals surface area contributed by atoms with Crippen molar-refractivity contribution in [3.63, 3.8) is 0 Å². The number of hydrogen-bond donors (Lipinski definition) is 1. The third-order valence-electron chi connectivity index (χ3n) is 3.37. The molecule has 23 heavy (non-hydrogen) atoms. The SMILES string of the molecule is Cc1nn(C)c(C)c1C(=O)NCc1ccccc1OC(F)(F)F. The fourth-order valence-electron chi connectivity index (χ4n) is 2.24. The minimum Gasteiger partial charge on any atom is -0.405 e. The molecule has 0 atom stereocenters. The molecule has 0 radical (unpaired) electrons. The number of carbonyl (C=O) groups excluding carboxylic acids is 1. The van der Waals surface area contributed by atoms with Gasteiger partial charge in [0.15, 0.2) is 0 Å². The van der Waals surface area contributed by atoms with Gasteiger partial charge in [0.2, 0.25) is 0 Å². The van der Waals surface area contributed by atoms with Crippen LogP contribution >= 0.6 is 0 Å². The van der Waals surface area contributed by atoms with E-state index in [2.05, 4.69) is 15.2 Å². The number of alkyl halides is 3. The van der Waals surface area contributed by atoms with Crippen molar-refractivity contribution in [2.45, 2.75) is 26.8 Å². The zero-order valence-electron chi connectivity index (χ0n) is 12.9. The van der Waals surface area contributed by atoms with E-state index in [0.717, 1.165) is 0 Å². The van der Waals surface area contributed by atoms with Crippen LogP contribution in [0.1, 0.15) is 27.3 Å². The summed E-state index contributed by atoms with van der Waals surface area (Å²) in [6.45, 7) is 3.36. The maximum Gasteiger partial charge on any atom is 0.573 e. The fraction of sp³-hybridized carbons (Fsp3) is 0.333. The van der Waals surface area contributed by atoms with Crippen molar-refractivity contribution < 1.29 is 22.7 Å². The van der Waals surface area contributed by atoms with Gasteiger partial charge in [-0.25, -0.2) is 0 Å².